The van der Waals surface area contributed by atoms with Crippen LogP contribution in [0.1, 0.15) is 68.3 Å². The van der Waals surface area contributed by atoms with Crippen molar-refractivity contribution in [2.45, 2.75) is 82.3 Å². The van der Waals surface area contributed by atoms with E-state index in [2.05, 4.69) is 4.52 Å². The molecular weight excluding hydrogens is 648 g/mol. The number of anilines is 1. The molecule has 12 nitrogen and oxygen atoms in total. The maximum Gasteiger partial charge on any atom is 0.470 e. The Hall–Kier alpha value is -3.00. The number of Topliss-reactive ketones (excluding diaryl/α,β-unsaturated/α-hetero) is 1. The lowest BCUT2D eigenvalue weighted by atomic mass is 9.44. The number of alkyl halides is 1. The highest BCUT2D eigenvalue weighted by Crippen LogP contribution is 2.72. The van der Waals surface area contributed by atoms with Gasteiger partial charge >= 0.3 is 7.82 Å². The quantitative estimate of drug-likeness (QED) is 0.199. The molecule has 48 heavy (non-hydrogen) atoms. The van der Waals surface area contributed by atoms with Crippen molar-refractivity contribution < 1.29 is 57.0 Å². The Morgan fingerprint density at radius 2 is 1.96 bits per heavy atom. The van der Waals surface area contributed by atoms with E-state index in [1.54, 1.807) is 38.1 Å². The van der Waals surface area contributed by atoms with Crippen LogP contribution in [-0.4, -0.2) is 61.7 Å². The minimum absolute atomic E-state index is 0.166. The fraction of sp³-hybridized carbons (Fsp3) is 0.529. The first-order valence-electron chi connectivity index (χ1n) is 16.0. The summed E-state index contributed by atoms with van der Waals surface area (Å²) in [6, 6.07) is 7.04. The van der Waals surface area contributed by atoms with Crippen molar-refractivity contribution in [1.29, 1.82) is 0 Å². The Morgan fingerprint density at radius 3 is 2.67 bits per heavy atom. The number of phosphoric ester groups is 1. The number of ketones is 2. The van der Waals surface area contributed by atoms with Gasteiger partial charge in [0, 0.05) is 34.4 Å². The van der Waals surface area contributed by atoms with E-state index in [0.29, 0.717) is 36.1 Å². The number of furan rings is 1. The van der Waals surface area contributed by atoms with Gasteiger partial charge in [-0.1, -0.05) is 30.7 Å². The summed E-state index contributed by atoms with van der Waals surface area (Å²) < 4.78 is 52.8. The molecule has 3 saturated carbocycles. The van der Waals surface area contributed by atoms with Crippen LogP contribution in [-0.2, 0) is 41.2 Å². The van der Waals surface area contributed by atoms with Gasteiger partial charge < -0.3 is 39.6 Å². The molecule has 7 rings (SSSR count). The van der Waals surface area contributed by atoms with Crippen molar-refractivity contribution in [2.75, 3.05) is 12.3 Å². The topological polar surface area (TPSA) is 199 Å². The van der Waals surface area contributed by atoms with Crippen LogP contribution >= 0.6 is 7.82 Å². The van der Waals surface area contributed by atoms with Crippen LogP contribution < -0.4 is 5.73 Å². The van der Waals surface area contributed by atoms with Crippen LogP contribution in [0.2, 0.25) is 0 Å². The summed E-state index contributed by atoms with van der Waals surface area (Å²) in [6.45, 7) is 2.25. The van der Waals surface area contributed by atoms with Gasteiger partial charge in [-0.25, -0.2) is 8.96 Å². The second-order valence-corrected chi connectivity index (χ2v) is 15.5. The molecule has 6 N–H and O–H groups in total. The monoisotopic (exact) mass is 687 g/mol. The summed E-state index contributed by atoms with van der Waals surface area (Å²) in [5.41, 5.74) is 2.79. The highest BCUT2D eigenvalue weighted by atomic mass is 31.2. The zero-order valence-corrected chi connectivity index (χ0v) is 27.4. The van der Waals surface area contributed by atoms with Crippen LogP contribution in [0.4, 0.5) is 10.1 Å². The SMILES string of the molecule is C[C@]12C=CC(=O)C=C1CC[C@H]1[C@@H]3C[C@H]4O[C@@H](c5cc(Cc6ccc(CO)c(N)c6)co5)O[C@@]4(C(=O)COP(=O)(O)O)[C@@]3(C)C[C@H](O)[C@@]12F. The first-order valence-corrected chi connectivity index (χ1v) is 17.5. The molecule has 4 aliphatic carbocycles. The van der Waals surface area contributed by atoms with Crippen LogP contribution in [0.3, 0.4) is 0 Å². The number of ether oxygens (including phenoxy) is 2. The summed E-state index contributed by atoms with van der Waals surface area (Å²) in [5.74, 6) is -2.08. The molecular formula is C34H39FNO11P. The zero-order valence-electron chi connectivity index (χ0n) is 26.5. The fourth-order valence-corrected chi connectivity index (χ4v) is 9.86. The normalized spacial score (nSPS) is 38.6. The molecule has 14 heteroatoms. The van der Waals surface area contributed by atoms with E-state index in [4.69, 9.17) is 19.6 Å². The Balaban J connectivity index is 1.22. The fourth-order valence-electron chi connectivity index (χ4n) is 9.58. The van der Waals surface area contributed by atoms with Crippen molar-refractivity contribution in [3.63, 3.8) is 0 Å². The molecule has 258 valence electrons. The zero-order chi connectivity index (χ0) is 34.4. The molecule has 2 aromatic rings. The highest BCUT2D eigenvalue weighted by molar-refractivity contribution is 7.46. The maximum absolute atomic E-state index is 17.7. The first-order chi connectivity index (χ1) is 22.6. The molecule has 0 radical (unpaired) electrons. The third-order valence-corrected chi connectivity index (χ3v) is 12.3. The molecule has 0 unspecified atom stereocenters. The molecule has 0 spiro atoms. The number of nitrogen functional groups attached to an aromatic ring is 1. The summed E-state index contributed by atoms with van der Waals surface area (Å²) in [4.78, 5) is 45.2. The molecule has 0 bridgehead atoms. The minimum atomic E-state index is -5.06. The molecule has 1 aromatic carbocycles. The third-order valence-electron chi connectivity index (χ3n) is 11.9. The lowest BCUT2D eigenvalue weighted by Gasteiger charge is -2.62. The number of aliphatic hydroxyl groups is 2. The molecule has 2 heterocycles. The molecule has 1 aromatic heterocycles. The lowest BCUT2D eigenvalue weighted by Crippen LogP contribution is -2.69. The van der Waals surface area contributed by atoms with Crippen molar-refractivity contribution in [1.82, 2.24) is 0 Å². The van der Waals surface area contributed by atoms with Crippen molar-refractivity contribution >= 4 is 25.1 Å². The average molecular weight is 688 g/mol. The average Bonchev–Trinajstić information content (AvgIpc) is 3.70. The summed E-state index contributed by atoms with van der Waals surface area (Å²) >= 11 is 0. The predicted octanol–water partition coefficient (Wildman–Crippen LogP) is 3.76. The third kappa shape index (κ3) is 4.78. The van der Waals surface area contributed by atoms with Gasteiger partial charge in [0.15, 0.2) is 28.6 Å². The van der Waals surface area contributed by atoms with Crippen LogP contribution in [0.25, 0.3) is 0 Å². The van der Waals surface area contributed by atoms with Gasteiger partial charge in [-0.15, -0.1) is 0 Å². The number of nitrogens with two attached hydrogens (primary N) is 1. The lowest BCUT2D eigenvalue weighted by molar-refractivity contribution is -0.232. The number of phosphoric acid groups is 1. The number of rotatable bonds is 8. The smallest absolute Gasteiger partial charge is 0.464 e. The van der Waals surface area contributed by atoms with E-state index >= 15 is 4.39 Å². The van der Waals surface area contributed by atoms with Gasteiger partial charge in [0.25, 0.3) is 0 Å². The van der Waals surface area contributed by atoms with Gasteiger partial charge in [0.2, 0.25) is 6.29 Å². The molecule has 9 atom stereocenters. The number of carbonyl (C=O) groups excluding carboxylic acids is 2. The second-order valence-electron chi connectivity index (χ2n) is 14.2. The van der Waals surface area contributed by atoms with Crippen molar-refractivity contribution in [3.8, 4) is 0 Å². The number of fused-ring (bicyclic) bond motifs is 7. The Bertz CT molecular complexity index is 1790. The van der Waals surface area contributed by atoms with E-state index < -0.39 is 72.6 Å². The molecule has 1 aliphatic heterocycles. The van der Waals surface area contributed by atoms with Gasteiger partial charge in [0.05, 0.1) is 25.1 Å². The van der Waals surface area contributed by atoms with Crippen LogP contribution in [0.15, 0.2) is 58.7 Å². The second kappa shape index (κ2) is 11.3. The number of hydrogen-bond acceptors (Lipinski definition) is 10. The van der Waals surface area contributed by atoms with Gasteiger partial charge in [-0.05, 0) is 73.9 Å². The van der Waals surface area contributed by atoms with Crippen LogP contribution in [0.5, 0.6) is 0 Å². The van der Waals surface area contributed by atoms with E-state index in [0.717, 1.165) is 11.1 Å². The van der Waals surface area contributed by atoms with Gasteiger partial charge in [0.1, 0.15) is 6.61 Å². The standard InChI is InChI=1S/C34H39FNO11P/c1-31-8-7-22(38)12-21(31)5-6-23-24-13-29-34(28(40)17-45-48(41,42)43,32(24,2)14-27(39)33(23,31)35)47-30(46-29)26-11-19(16-44-26)9-18-3-4-20(15-37)25(36)10-18/h3-4,7-8,10-12,16,23-24,27,29-30,37,39H,5-6,9,13-15,17,36H2,1-2H3,(H2,41,42,43)/t23-,24-,27-,29+,30+,31-,32-,33-,34+/m0/s1. The summed E-state index contributed by atoms with van der Waals surface area (Å²) in [5, 5.41) is 21.2. The first kappa shape index (κ1) is 33.5. The Labute approximate surface area is 276 Å². The highest BCUT2D eigenvalue weighted by Gasteiger charge is 2.79. The van der Waals surface area contributed by atoms with E-state index in [-0.39, 0.29) is 31.0 Å². The van der Waals surface area contributed by atoms with Gasteiger partial charge in [-0.2, -0.15) is 0 Å². The number of hydrogen-bond donors (Lipinski definition) is 5. The molecule has 0 amide bonds. The molecule has 5 aliphatic rings. The Kier molecular flexibility index (Phi) is 7.86. The predicted molar refractivity (Wildman–Crippen MR) is 166 cm³/mol. The molecule has 4 fully saturated rings. The van der Waals surface area contributed by atoms with Crippen molar-refractivity contribution in [3.05, 3.63) is 76.8 Å². The summed E-state index contributed by atoms with van der Waals surface area (Å²) in [6.07, 6.45) is 3.17. The summed E-state index contributed by atoms with van der Waals surface area (Å²) in [7, 11) is -5.06. The van der Waals surface area contributed by atoms with Crippen molar-refractivity contribution in [2.24, 2.45) is 22.7 Å². The van der Waals surface area contributed by atoms with E-state index in [9.17, 15) is 34.2 Å². The number of halogens is 1. The number of aliphatic hydroxyl groups excluding tert-OH is 2. The maximum atomic E-state index is 17.7. The van der Waals surface area contributed by atoms with Gasteiger partial charge in [-0.3, -0.25) is 14.1 Å². The molecule has 1 saturated heterocycles. The largest absolute Gasteiger partial charge is 0.470 e. The van der Waals surface area contributed by atoms with Crippen LogP contribution in [0, 0.1) is 22.7 Å². The Morgan fingerprint density at radius 1 is 1.19 bits per heavy atom. The number of benzene rings is 1. The number of allylic oxidation sites excluding steroid dienone is 4. The van der Waals surface area contributed by atoms with E-state index in [1.807, 2.05) is 6.07 Å². The number of carbonyl (C=O) groups is 2. The van der Waals surface area contributed by atoms with E-state index in [1.165, 1.54) is 18.4 Å². The minimum Gasteiger partial charge on any atom is -0.464 e.